The van der Waals surface area contributed by atoms with Crippen molar-refractivity contribution in [2.75, 3.05) is 19.5 Å². The van der Waals surface area contributed by atoms with Crippen molar-refractivity contribution in [1.29, 1.82) is 0 Å². The van der Waals surface area contributed by atoms with E-state index in [1.165, 1.54) is 5.01 Å². The van der Waals surface area contributed by atoms with Gasteiger partial charge in [-0.15, -0.1) is 0 Å². The standard InChI is InChI=1S/C8H10N4O4/c1-11(2)10-7-6(8(13)14)3-5(4-9-7)12(15)16/h3-4H,1-2H3,(H,9,10)(H,13,14). The highest BCUT2D eigenvalue weighted by molar-refractivity contribution is 5.93. The predicted molar refractivity (Wildman–Crippen MR) is 55.2 cm³/mol. The van der Waals surface area contributed by atoms with Crippen molar-refractivity contribution >= 4 is 17.5 Å². The Bertz CT molecular complexity index is 432. The van der Waals surface area contributed by atoms with Gasteiger partial charge in [0.1, 0.15) is 11.8 Å². The van der Waals surface area contributed by atoms with Crippen LogP contribution in [-0.4, -0.2) is 40.1 Å². The zero-order valence-corrected chi connectivity index (χ0v) is 8.67. The van der Waals surface area contributed by atoms with Crippen LogP contribution in [0.2, 0.25) is 0 Å². The van der Waals surface area contributed by atoms with Gasteiger partial charge < -0.3 is 10.5 Å². The Kier molecular flexibility index (Phi) is 3.36. The molecule has 1 aromatic rings. The van der Waals surface area contributed by atoms with Gasteiger partial charge in [-0.1, -0.05) is 0 Å². The van der Waals surface area contributed by atoms with E-state index in [4.69, 9.17) is 5.11 Å². The molecule has 0 spiro atoms. The first-order chi connectivity index (χ1) is 7.41. The summed E-state index contributed by atoms with van der Waals surface area (Å²) in [6, 6.07) is 0.959. The molecule has 16 heavy (non-hydrogen) atoms. The molecule has 1 rings (SSSR count). The van der Waals surface area contributed by atoms with Gasteiger partial charge in [-0.25, -0.2) is 14.8 Å². The van der Waals surface area contributed by atoms with E-state index in [2.05, 4.69) is 10.4 Å². The summed E-state index contributed by atoms with van der Waals surface area (Å²) < 4.78 is 0. The number of carboxylic acids is 1. The lowest BCUT2D eigenvalue weighted by atomic mass is 10.2. The van der Waals surface area contributed by atoms with Crippen molar-refractivity contribution in [3.8, 4) is 0 Å². The highest BCUT2D eigenvalue weighted by Gasteiger charge is 2.17. The average molecular weight is 226 g/mol. The first-order valence-corrected chi connectivity index (χ1v) is 4.23. The van der Waals surface area contributed by atoms with Gasteiger partial charge in [-0.3, -0.25) is 10.1 Å². The summed E-state index contributed by atoms with van der Waals surface area (Å²) in [6.07, 6.45) is 0.998. The molecule has 0 fully saturated rings. The van der Waals surface area contributed by atoms with Crippen molar-refractivity contribution in [1.82, 2.24) is 9.99 Å². The predicted octanol–water partition coefficient (Wildman–Crippen LogP) is 0.576. The lowest BCUT2D eigenvalue weighted by Gasteiger charge is -2.13. The first-order valence-electron chi connectivity index (χ1n) is 4.23. The molecule has 1 heterocycles. The quantitative estimate of drug-likeness (QED) is 0.570. The number of aromatic nitrogens is 1. The van der Waals surface area contributed by atoms with E-state index in [1.54, 1.807) is 14.1 Å². The average Bonchev–Trinajstić information content (AvgIpc) is 2.16. The zero-order valence-electron chi connectivity index (χ0n) is 8.67. The summed E-state index contributed by atoms with van der Waals surface area (Å²) in [5, 5.41) is 20.8. The molecule has 0 atom stereocenters. The topological polar surface area (TPSA) is 109 Å². The molecule has 0 aliphatic carbocycles. The molecular formula is C8H10N4O4. The van der Waals surface area contributed by atoms with Crippen LogP contribution in [0.25, 0.3) is 0 Å². The van der Waals surface area contributed by atoms with E-state index in [-0.39, 0.29) is 17.1 Å². The molecule has 0 amide bonds. The molecule has 8 nitrogen and oxygen atoms in total. The van der Waals surface area contributed by atoms with Gasteiger partial charge in [0.05, 0.1) is 4.92 Å². The van der Waals surface area contributed by atoms with E-state index >= 15 is 0 Å². The summed E-state index contributed by atoms with van der Waals surface area (Å²) in [5.74, 6) is -1.22. The Morgan fingerprint density at radius 3 is 2.69 bits per heavy atom. The smallest absolute Gasteiger partial charge is 0.339 e. The number of hydrogen-bond acceptors (Lipinski definition) is 6. The molecular weight excluding hydrogens is 216 g/mol. The first kappa shape index (κ1) is 11.9. The van der Waals surface area contributed by atoms with Gasteiger partial charge in [-0.2, -0.15) is 0 Å². The normalized spacial score (nSPS) is 10.2. The van der Waals surface area contributed by atoms with Crippen molar-refractivity contribution in [3.05, 3.63) is 27.9 Å². The van der Waals surface area contributed by atoms with Gasteiger partial charge in [0.2, 0.25) is 0 Å². The highest BCUT2D eigenvalue weighted by atomic mass is 16.6. The molecule has 0 aromatic carbocycles. The summed E-state index contributed by atoms with van der Waals surface area (Å²) in [4.78, 5) is 24.3. The van der Waals surface area contributed by atoms with Crippen molar-refractivity contribution in [3.63, 3.8) is 0 Å². The van der Waals surface area contributed by atoms with Gasteiger partial charge in [-0.05, 0) is 0 Å². The van der Waals surface area contributed by atoms with Crippen LogP contribution < -0.4 is 5.43 Å². The molecule has 0 bridgehead atoms. The Morgan fingerprint density at radius 1 is 1.62 bits per heavy atom. The summed E-state index contributed by atoms with van der Waals surface area (Å²) in [7, 11) is 3.30. The number of rotatable bonds is 4. The summed E-state index contributed by atoms with van der Waals surface area (Å²) >= 11 is 0. The van der Waals surface area contributed by atoms with Crippen LogP contribution in [0.3, 0.4) is 0 Å². The number of nitrogens with zero attached hydrogens (tertiary/aromatic N) is 3. The second kappa shape index (κ2) is 4.53. The fourth-order valence-electron chi connectivity index (χ4n) is 1.02. The maximum absolute atomic E-state index is 10.9. The van der Waals surface area contributed by atoms with Gasteiger partial charge in [0.25, 0.3) is 5.69 Å². The van der Waals surface area contributed by atoms with Crippen LogP contribution in [-0.2, 0) is 0 Å². The fourth-order valence-corrected chi connectivity index (χ4v) is 1.02. The second-order valence-electron chi connectivity index (χ2n) is 3.16. The Morgan fingerprint density at radius 2 is 2.25 bits per heavy atom. The third-order valence-corrected chi connectivity index (χ3v) is 1.64. The van der Waals surface area contributed by atoms with Crippen LogP contribution >= 0.6 is 0 Å². The van der Waals surface area contributed by atoms with Crippen LogP contribution in [0.4, 0.5) is 11.5 Å². The number of anilines is 1. The van der Waals surface area contributed by atoms with Crippen LogP contribution in [0.15, 0.2) is 12.3 Å². The molecule has 0 saturated carbocycles. The monoisotopic (exact) mass is 226 g/mol. The molecule has 8 heteroatoms. The molecule has 0 saturated heterocycles. The van der Waals surface area contributed by atoms with E-state index in [0.717, 1.165) is 12.3 Å². The third-order valence-electron chi connectivity index (χ3n) is 1.64. The number of carboxylic acid groups (broad SMARTS) is 1. The van der Waals surface area contributed by atoms with Crippen LogP contribution in [0.1, 0.15) is 10.4 Å². The van der Waals surface area contributed by atoms with Crippen LogP contribution in [0, 0.1) is 10.1 Å². The molecule has 1 aromatic heterocycles. The minimum absolute atomic E-state index is 0.0584. The SMILES string of the molecule is CN(C)Nc1ncc([N+](=O)[O-])cc1C(=O)O. The van der Waals surface area contributed by atoms with Crippen LogP contribution in [0.5, 0.6) is 0 Å². The largest absolute Gasteiger partial charge is 0.478 e. The lowest BCUT2D eigenvalue weighted by molar-refractivity contribution is -0.385. The number of aromatic carboxylic acids is 1. The van der Waals surface area contributed by atoms with Crippen molar-refractivity contribution in [2.24, 2.45) is 0 Å². The molecule has 0 aliphatic heterocycles. The summed E-state index contributed by atoms with van der Waals surface area (Å²) in [5.41, 5.74) is 2.03. The number of carbonyl (C=O) groups is 1. The molecule has 0 radical (unpaired) electrons. The molecule has 2 N–H and O–H groups in total. The Labute approximate surface area is 90.6 Å². The number of nitrogens with one attached hydrogen (secondary N) is 1. The minimum atomic E-state index is -1.28. The molecule has 0 unspecified atom stereocenters. The van der Waals surface area contributed by atoms with Crippen molar-refractivity contribution < 1.29 is 14.8 Å². The summed E-state index contributed by atoms with van der Waals surface area (Å²) in [6.45, 7) is 0. The third kappa shape index (κ3) is 2.64. The number of hydrazine groups is 1. The number of hydrogen-bond donors (Lipinski definition) is 2. The fraction of sp³-hybridized carbons (Fsp3) is 0.250. The van der Waals surface area contributed by atoms with Gasteiger partial charge >= 0.3 is 5.97 Å². The van der Waals surface area contributed by atoms with E-state index in [0.29, 0.717) is 0 Å². The van der Waals surface area contributed by atoms with E-state index < -0.39 is 10.9 Å². The van der Waals surface area contributed by atoms with Crippen molar-refractivity contribution in [2.45, 2.75) is 0 Å². The Hall–Kier alpha value is -2.22. The van der Waals surface area contributed by atoms with E-state index in [1.807, 2.05) is 0 Å². The maximum Gasteiger partial charge on any atom is 0.339 e. The Balaban J connectivity index is 3.19. The zero-order chi connectivity index (χ0) is 12.3. The van der Waals surface area contributed by atoms with Gasteiger partial charge in [0.15, 0.2) is 5.82 Å². The second-order valence-corrected chi connectivity index (χ2v) is 3.16. The molecule has 86 valence electrons. The van der Waals surface area contributed by atoms with E-state index in [9.17, 15) is 14.9 Å². The number of pyridine rings is 1. The lowest BCUT2D eigenvalue weighted by Crippen LogP contribution is -2.22. The maximum atomic E-state index is 10.9. The van der Waals surface area contributed by atoms with Gasteiger partial charge in [0, 0.05) is 20.2 Å². The number of nitro groups is 1. The minimum Gasteiger partial charge on any atom is -0.478 e. The molecule has 0 aliphatic rings. The highest BCUT2D eigenvalue weighted by Crippen LogP contribution is 2.19.